The summed E-state index contributed by atoms with van der Waals surface area (Å²) in [4.78, 5) is 14.0. The number of hydrogen-bond donors (Lipinski definition) is 1. The highest BCUT2D eigenvalue weighted by molar-refractivity contribution is 5.82. The summed E-state index contributed by atoms with van der Waals surface area (Å²) in [5.74, 6) is 3.60. The Morgan fingerprint density at radius 1 is 0.957 bits per heavy atom. The van der Waals surface area contributed by atoms with Crippen molar-refractivity contribution in [2.45, 2.75) is 126 Å². The quantitative estimate of drug-likeness (QED) is 0.336. The van der Waals surface area contributed by atoms with E-state index in [0.29, 0.717) is 34.5 Å². The Balaban J connectivity index is 1.11. The van der Waals surface area contributed by atoms with Crippen LogP contribution in [0, 0.1) is 50.2 Å². The molecule has 2 unspecified atom stereocenters. The number of fused-ring (bicyclic) bond motifs is 7. The van der Waals surface area contributed by atoms with E-state index in [2.05, 4.69) is 65.0 Å². The van der Waals surface area contributed by atoms with Crippen molar-refractivity contribution >= 4 is 5.91 Å². The number of benzene rings is 1. The van der Waals surface area contributed by atoms with Gasteiger partial charge in [0.25, 0.3) is 0 Å². The van der Waals surface area contributed by atoms with Gasteiger partial charge in [0.05, 0.1) is 13.7 Å². The zero-order chi connectivity index (χ0) is 32.8. The van der Waals surface area contributed by atoms with Gasteiger partial charge in [0.2, 0.25) is 5.91 Å². The van der Waals surface area contributed by atoms with Gasteiger partial charge in [0.15, 0.2) is 5.76 Å². The lowest BCUT2D eigenvalue weighted by atomic mass is 9.34. The van der Waals surface area contributed by atoms with Gasteiger partial charge in [-0.3, -0.25) is 4.79 Å². The van der Waals surface area contributed by atoms with E-state index in [1.165, 1.54) is 51.4 Å². The molecule has 1 N–H and O–H groups in total. The van der Waals surface area contributed by atoms with Crippen molar-refractivity contribution in [3.05, 3.63) is 47.7 Å². The third kappa shape index (κ3) is 4.60. The number of ether oxygens (including phenoxy) is 1. The summed E-state index contributed by atoms with van der Waals surface area (Å²) in [5.41, 5.74) is 4.60. The summed E-state index contributed by atoms with van der Waals surface area (Å²) in [6.45, 7) is 18.3. The molecule has 5 aliphatic carbocycles. The number of para-hydroxylation sites is 1. The average Bonchev–Trinajstić information content (AvgIpc) is 3.49. The van der Waals surface area contributed by atoms with Crippen molar-refractivity contribution in [3.8, 4) is 17.0 Å². The summed E-state index contributed by atoms with van der Waals surface area (Å²) < 4.78 is 11.2. The SMILES string of the molecule is COc1ccccc1-c1cc(CNC(=O)[C@@]2(C)CC[C@]3(C)CC[C@@]4(C)C(=CCC5[C@@]6(C)CCCC(C)(C)C6CC[C@]54C)[C@@H]3C2)on1. The number of carbonyl (C=O) groups excluding carboxylic acids is 1. The molecule has 5 heteroatoms. The molecule has 1 aromatic carbocycles. The molecule has 0 radical (unpaired) electrons. The molecular weight excluding hydrogens is 568 g/mol. The fraction of sp³-hybridized carbons (Fsp3) is 0.707. The highest BCUT2D eigenvalue weighted by atomic mass is 16.5. The largest absolute Gasteiger partial charge is 0.496 e. The lowest BCUT2D eigenvalue weighted by molar-refractivity contribution is -0.180. The fourth-order valence-electron chi connectivity index (χ4n) is 12.4. The summed E-state index contributed by atoms with van der Waals surface area (Å²) >= 11 is 0. The monoisotopic (exact) mass is 626 g/mol. The number of amides is 1. The van der Waals surface area contributed by atoms with Gasteiger partial charge in [-0.15, -0.1) is 0 Å². The van der Waals surface area contributed by atoms with E-state index in [1.807, 2.05) is 30.3 Å². The molecule has 0 spiro atoms. The number of allylic oxidation sites excluding steroid dienone is 2. The van der Waals surface area contributed by atoms with Crippen molar-refractivity contribution in [3.63, 3.8) is 0 Å². The third-order valence-corrected chi connectivity index (χ3v) is 15.5. The Morgan fingerprint density at radius 2 is 1.72 bits per heavy atom. The first-order chi connectivity index (χ1) is 21.7. The van der Waals surface area contributed by atoms with E-state index in [9.17, 15) is 4.79 Å². The van der Waals surface area contributed by atoms with Crippen molar-refractivity contribution in [2.75, 3.05) is 7.11 Å². The van der Waals surface area contributed by atoms with E-state index in [-0.39, 0.29) is 16.7 Å². The van der Waals surface area contributed by atoms with Crippen LogP contribution in [-0.2, 0) is 11.3 Å². The van der Waals surface area contributed by atoms with Crippen molar-refractivity contribution in [2.24, 2.45) is 50.2 Å². The molecule has 5 aliphatic rings. The molecule has 4 fully saturated rings. The molecule has 0 aliphatic heterocycles. The smallest absolute Gasteiger partial charge is 0.226 e. The normalized spacial score (nSPS) is 41.2. The van der Waals surface area contributed by atoms with Crippen LogP contribution in [-0.4, -0.2) is 18.2 Å². The number of methoxy groups -OCH3 is 1. The lowest BCUT2D eigenvalue weighted by Crippen LogP contribution is -2.63. The molecular formula is C41H58N2O3. The molecule has 4 saturated carbocycles. The maximum absolute atomic E-state index is 14.0. The highest BCUT2D eigenvalue weighted by Crippen LogP contribution is 2.75. The fourth-order valence-corrected chi connectivity index (χ4v) is 12.4. The predicted molar refractivity (Wildman–Crippen MR) is 184 cm³/mol. The number of rotatable bonds is 5. The Hall–Kier alpha value is -2.56. The first-order valence-corrected chi connectivity index (χ1v) is 18.3. The second kappa shape index (κ2) is 10.7. The number of aromatic nitrogens is 1. The van der Waals surface area contributed by atoms with E-state index >= 15 is 0 Å². The lowest BCUT2D eigenvalue weighted by Gasteiger charge is -2.71. The number of carbonyl (C=O) groups is 1. The number of nitrogens with zero attached hydrogens (tertiary/aromatic N) is 1. The van der Waals surface area contributed by atoms with Crippen LogP contribution in [0.25, 0.3) is 11.3 Å². The maximum Gasteiger partial charge on any atom is 0.226 e. The first-order valence-electron chi connectivity index (χ1n) is 18.3. The van der Waals surface area contributed by atoms with Gasteiger partial charge in [-0.1, -0.05) is 83.8 Å². The Bertz CT molecular complexity index is 1540. The van der Waals surface area contributed by atoms with Gasteiger partial charge in [-0.05, 0) is 121 Å². The maximum atomic E-state index is 14.0. The molecule has 1 heterocycles. The second-order valence-electron chi connectivity index (χ2n) is 18.2. The predicted octanol–water partition coefficient (Wildman–Crippen LogP) is 10.2. The van der Waals surface area contributed by atoms with Gasteiger partial charge < -0.3 is 14.6 Å². The van der Waals surface area contributed by atoms with Crippen molar-refractivity contribution < 1.29 is 14.1 Å². The summed E-state index contributed by atoms with van der Waals surface area (Å²) in [6, 6.07) is 9.72. The van der Waals surface area contributed by atoms with Crippen LogP contribution >= 0.6 is 0 Å². The minimum Gasteiger partial charge on any atom is -0.496 e. The molecule has 1 aromatic heterocycles. The summed E-state index contributed by atoms with van der Waals surface area (Å²) in [7, 11) is 1.66. The van der Waals surface area contributed by atoms with Gasteiger partial charge in [-0.25, -0.2) is 0 Å². The van der Waals surface area contributed by atoms with Crippen molar-refractivity contribution in [1.82, 2.24) is 10.5 Å². The molecule has 1 amide bonds. The zero-order valence-corrected chi connectivity index (χ0v) is 29.9. The van der Waals surface area contributed by atoms with Crippen LogP contribution in [0.15, 0.2) is 46.5 Å². The topological polar surface area (TPSA) is 64.4 Å². The molecule has 5 nitrogen and oxygen atoms in total. The van der Waals surface area contributed by atoms with Crippen LogP contribution in [0.3, 0.4) is 0 Å². The first kappa shape index (κ1) is 32.0. The van der Waals surface area contributed by atoms with Crippen molar-refractivity contribution in [1.29, 1.82) is 0 Å². The molecule has 46 heavy (non-hydrogen) atoms. The molecule has 250 valence electrons. The van der Waals surface area contributed by atoms with Crippen LogP contribution < -0.4 is 10.1 Å². The zero-order valence-electron chi connectivity index (χ0n) is 29.9. The van der Waals surface area contributed by atoms with Crippen LogP contribution in [0.5, 0.6) is 5.75 Å². The standard InChI is InChI=1S/C41H58N2O3/c1-36(2)17-11-18-39(5)33(36)16-19-41(7)34(39)15-14-29-30-25-38(4,21-20-37(30,3)22-23-40(29,41)6)35(44)42-26-27-24-31(43-46-27)28-12-9-10-13-32(28)45-8/h9-10,12-14,24,30,33-34H,11,15-23,25-26H2,1-8H3,(H,42,44)/t30-,33?,34?,37+,38-,39-,40-,41+/m0/s1. The summed E-state index contributed by atoms with van der Waals surface area (Å²) in [5, 5.41) is 7.55. The van der Waals surface area contributed by atoms with Gasteiger partial charge in [0.1, 0.15) is 11.4 Å². The van der Waals surface area contributed by atoms with E-state index in [1.54, 1.807) is 12.7 Å². The number of hydrogen-bond acceptors (Lipinski definition) is 4. The minimum absolute atomic E-state index is 0.148. The average molecular weight is 627 g/mol. The van der Waals surface area contributed by atoms with Crippen LogP contribution in [0.2, 0.25) is 0 Å². The number of nitrogens with one attached hydrogen (secondary N) is 1. The minimum atomic E-state index is -0.399. The van der Waals surface area contributed by atoms with E-state index in [4.69, 9.17) is 9.26 Å². The Morgan fingerprint density at radius 3 is 2.50 bits per heavy atom. The molecule has 7 rings (SSSR count). The molecule has 2 aromatic rings. The van der Waals surface area contributed by atoms with Gasteiger partial charge >= 0.3 is 0 Å². The van der Waals surface area contributed by atoms with Gasteiger partial charge in [0, 0.05) is 17.0 Å². The van der Waals surface area contributed by atoms with Crippen LogP contribution in [0.4, 0.5) is 0 Å². The highest BCUT2D eigenvalue weighted by Gasteiger charge is 2.67. The van der Waals surface area contributed by atoms with E-state index in [0.717, 1.165) is 48.1 Å². The van der Waals surface area contributed by atoms with Gasteiger partial charge in [-0.2, -0.15) is 0 Å². The van der Waals surface area contributed by atoms with E-state index < -0.39 is 5.41 Å². The van der Waals surface area contributed by atoms with Crippen LogP contribution in [0.1, 0.15) is 125 Å². The Kier molecular flexibility index (Phi) is 7.46. The third-order valence-electron chi connectivity index (χ3n) is 15.5. The molecule has 0 bridgehead atoms. The molecule has 8 atom stereocenters. The summed E-state index contributed by atoms with van der Waals surface area (Å²) in [6.07, 6.45) is 16.4. The Labute approximate surface area is 277 Å². The molecule has 0 saturated heterocycles. The second-order valence-corrected chi connectivity index (χ2v) is 18.2.